The number of sulfone groups is 1. The summed E-state index contributed by atoms with van der Waals surface area (Å²) in [4.78, 5) is 0.0661. The number of hydrogen-bond acceptors (Lipinski definition) is 5. The first-order valence-electron chi connectivity index (χ1n) is 4.77. The molecule has 0 saturated carbocycles. The first-order valence-corrected chi connectivity index (χ1v) is 6.66. The Hall–Kier alpha value is -1.11. The molecule has 16 heavy (non-hydrogen) atoms. The van der Waals surface area contributed by atoms with Crippen LogP contribution in [0.1, 0.15) is 18.1 Å². The molecule has 6 heteroatoms. The fourth-order valence-corrected chi connectivity index (χ4v) is 2.00. The van der Waals surface area contributed by atoms with Gasteiger partial charge < -0.3 is 15.9 Å². The van der Waals surface area contributed by atoms with Gasteiger partial charge in [-0.1, -0.05) is 0 Å². The van der Waals surface area contributed by atoms with Crippen molar-refractivity contribution < 1.29 is 18.6 Å². The van der Waals surface area contributed by atoms with Gasteiger partial charge in [-0.25, -0.2) is 8.42 Å². The van der Waals surface area contributed by atoms with Crippen LogP contribution >= 0.6 is 0 Å². The van der Waals surface area contributed by atoms with Crippen molar-refractivity contribution in [3.8, 4) is 5.75 Å². The zero-order valence-corrected chi connectivity index (χ0v) is 9.74. The Kier molecular flexibility index (Phi) is 3.90. The predicted octanol–water partition coefficient (Wildman–Crippen LogP) is 0.178. The van der Waals surface area contributed by atoms with Gasteiger partial charge in [0, 0.05) is 11.8 Å². The van der Waals surface area contributed by atoms with Crippen LogP contribution < -0.4 is 5.73 Å². The van der Waals surface area contributed by atoms with E-state index in [2.05, 4.69) is 0 Å². The molecule has 0 bridgehead atoms. The van der Waals surface area contributed by atoms with Gasteiger partial charge in [-0.15, -0.1) is 0 Å². The van der Waals surface area contributed by atoms with E-state index in [9.17, 15) is 18.6 Å². The van der Waals surface area contributed by atoms with Crippen LogP contribution in [0, 0.1) is 0 Å². The number of aliphatic hydroxyl groups excluding tert-OH is 1. The van der Waals surface area contributed by atoms with Gasteiger partial charge in [-0.2, -0.15) is 0 Å². The zero-order valence-electron chi connectivity index (χ0n) is 8.92. The second-order valence-corrected chi connectivity index (χ2v) is 5.60. The lowest BCUT2D eigenvalue weighted by Gasteiger charge is -2.12. The van der Waals surface area contributed by atoms with Crippen molar-refractivity contribution in [2.75, 3.05) is 12.8 Å². The zero-order chi connectivity index (χ0) is 12.3. The summed E-state index contributed by atoms with van der Waals surface area (Å²) in [6.45, 7) is 0.254. The Labute approximate surface area is 94.4 Å². The quantitative estimate of drug-likeness (QED) is 0.702. The van der Waals surface area contributed by atoms with Gasteiger partial charge in [0.05, 0.1) is 11.0 Å². The van der Waals surface area contributed by atoms with E-state index in [1.807, 2.05) is 0 Å². The van der Waals surface area contributed by atoms with E-state index < -0.39 is 15.9 Å². The Balaban J connectivity index is 3.19. The van der Waals surface area contributed by atoms with Crippen LogP contribution in [0.2, 0.25) is 0 Å². The van der Waals surface area contributed by atoms with Gasteiger partial charge >= 0.3 is 0 Å². The molecule has 0 fully saturated rings. The molecule has 5 nitrogen and oxygen atoms in total. The maximum absolute atomic E-state index is 11.3. The Morgan fingerprint density at radius 1 is 1.44 bits per heavy atom. The van der Waals surface area contributed by atoms with Gasteiger partial charge in [0.25, 0.3) is 0 Å². The van der Waals surface area contributed by atoms with Crippen LogP contribution in [-0.4, -0.2) is 31.4 Å². The normalized spacial score (nSPS) is 13.7. The molecule has 0 aliphatic heterocycles. The van der Waals surface area contributed by atoms with E-state index in [-0.39, 0.29) is 29.2 Å². The number of hydrogen-bond donors (Lipinski definition) is 3. The summed E-state index contributed by atoms with van der Waals surface area (Å²) < 4.78 is 22.6. The van der Waals surface area contributed by atoms with Crippen LogP contribution in [0.25, 0.3) is 0 Å². The minimum absolute atomic E-state index is 0.0661. The molecule has 0 aliphatic rings. The molecule has 1 aromatic carbocycles. The predicted molar refractivity (Wildman–Crippen MR) is 59.8 cm³/mol. The van der Waals surface area contributed by atoms with Crippen molar-refractivity contribution in [2.24, 2.45) is 5.73 Å². The van der Waals surface area contributed by atoms with Crippen molar-refractivity contribution in [3.05, 3.63) is 23.8 Å². The van der Waals surface area contributed by atoms with Gasteiger partial charge in [0.1, 0.15) is 5.75 Å². The van der Waals surface area contributed by atoms with Gasteiger partial charge in [-0.3, -0.25) is 0 Å². The van der Waals surface area contributed by atoms with Gasteiger partial charge in [-0.05, 0) is 31.2 Å². The highest BCUT2D eigenvalue weighted by Gasteiger charge is 2.15. The van der Waals surface area contributed by atoms with Crippen molar-refractivity contribution in [1.29, 1.82) is 0 Å². The number of aromatic hydroxyl groups is 1. The molecule has 90 valence electrons. The monoisotopic (exact) mass is 245 g/mol. The molecular formula is C10H15NO4S. The Morgan fingerprint density at radius 3 is 2.56 bits per heavy atom. The molecule has 0 amide bonds. The average Bonchev–Trinajstić information content (AvgIpc) is 2.16. The summed E-state index contributed by atoms with van der Waals surface area (Å²) in [5.41, 5.74) is 5.47. The summed E-state index contributed by atoms with van der Waals surface area (Å²) in [6, 6.07) is 3.82. The third-order valence-electron chi connectivity index (χ3n) is 2.23. The number of rotatable bonds is 4. The fraction of sp³-hybridized carbons (Fsp3) is 0.400. The highest BCUT2D eigenvalue weighted by Crippen LogP contribution is 2.28. The first kappa shape index (κ1) is 13.0. The first-order chi connectivity index (χ1) is 7.36. The lowest BCUT2D eigenvalue weighted by molar-refractivity contribution is 0.166. The molecule has 0 aliphatic carbocycles. The standard InChI is InChI=1S/C10H15NO4S/c1-16(14,15)7-2-3-9(12)8(6-7)10(13)4-5-11/h2-3,6,10,12-13H,4-5,11H2,1H3. The van der Waals surface area contributed by atoms with Crippen molar-refractivity contribution >= 4 is 9.84 Å². The second kappa shape index (κ2) is 4.82. The van der Waals surface area contributed by atoms with Crippen molar-refractivity contribution in [3.63, 3.8) is 0 Å². The summed E-state index contributed by atoms with van der Waals surface area (Å²) in [5.74, 6) is -0.131. The second-order valence-electron chi connectivity index (χ2n) is 3.59. The lowest BCUT2D eigenvalue weighted by atomic mass is 10.1. The maximum atomic E-state index is 11.3. The molecule has 0 spiro atoms. The molecule has 1 atom stereocenters. The van der Waals surface area contributed by atoms with Gasteiger partial charge in [0.15, 0.2) is 9.84 Å². The van der Waals surface area contributed by atoms with E-state index in [1.54, 1.807) is 0 Å². The minimum atomic E-state index is -3.34. The highest BCUT2D eigenvalue weighted by molar-refractivity contribution is 7.90. The highest BCUT2D eigenvalue weighted by atomic mass is 32.2. The van der Waals surface area contributed by atoms with Crippen LogP contribution in [0.3, 0.4) is 0 Å². The summed E-state index contributed by atoms with van der Waals surface area (Å²) in [6.07, 6.45) is 0.380. The largest absolute Gasteiger partial charge is 0.508 e. The maximum Gasteiger partial charge on any atom is 0.175 e. The van der Waals surface area contributed by atoms with E-state index in [0.717, 1.165) is 6.26 Å². The van der Waals surface area contributed by atoms with Crippen LogP contribution in [0.15, 0.2) is 23.1 Å². The number of phenolic OH excluding ortho intramolecular Hbond substituents is 1. The van der Waals surface area contributed by atoms with Crippen LogP contribution in [0.5, 0.6) is 5.75 Å². The molecule has 0 aromatic heterocycles. The molecule has 1 unspecified atom stereocenters. The number of benzene rings is 1. The minimum Gasteiger partial charge on any atom is -0.508 e. The van der Waals surface area contributed by atoms with E-state index in [0.29, 0.717) is 0 Å². The molecule has 1 rings (SSSR count). The molecule has 0 radical (unpaired) electrons. The Morgan fingerprint density at radius 2 is 2.06 bits per heavy atom. The summed E-state index contributed by atoms with van der Waals surface area (Å²) in [5, 5.41) is 19.2. The number of aliphatic hydroxyl groups is 1. The fourth-order valence-electron chi connectivity index (χ4n) is 1.34. The third kappa shape index (κ3) is 2.94. The molecule has 0 heterocycles. The Bertz CT molecular complexity index is 470. The van der Waals surface area contributed by atoms with E-state index >= 15 is 0 Å². The van der Waals surface area contributed by atoms with Crippen molar-refractivity contribution in [2.45, 2.75) is 17.4 Å². The smallest absolute Gasteiger partial charge is 0.175 e. The molecular weight excluding hydrogens is 230 g/mol. The van der Waals surface area contributed by atoms with Crippen molar-refractivity contribution in [1.82, 2.24) is 0 Å². The summed E-state index contributed by atoms with van der Waals surface area (Å²) in [7, 11) is -3.34. The van der Waals surface area contributed by atoms with E-state index in [1.165, 1.54) is 18.2 Å². The van der Waals surface area contributed by atoms with Gasteiger partial charge in [0.2, 0.25) is 0 Å². The number of nitrogens with two attached hydrogens (primary N) is 1. The third-order valence-corrected chi connectivity index (χ3v) is 3.34. The molecule has 1 aromatic rings. The average molecular weight is 245 g/mol. The lowest BCUT2D eigenvalue weighted by Crippen LogP contribution is -2.08. The van der Waals surface area contributed by atoms with Crippen LogP contribution in [0.4, 0.5) is 0 Å². The topological polar surface area (TPSA) is 101 Å². The SMILES string of the molecule is CS(=O)(=O)c1ccc(O)c(C(O)CCN)c1. The molecule has 4 N–H and O–H groups in total. The summed E-state index contributed by atoms with van der Waals surface area (Å²) >= 11 is 0. The molecule has 0 saturated heterocycles. The number of phenols is 1. The van der Waals surface area contributed by atoms with Crippen LogP contribution in [-0.2, 0) is 9.84 Å². The van der Waals surface area contributed by atoms with E-state index in [4.69, 9.17) is 5.73 Å².